The number of hydrogen-bond donors (Lipinski definition) is 1. The third kappa shape index (κ3) is 2.27. The van der Waals surface area contributed by atoms with Gasteiger partial charge in [0.2, 0.25) is 0 Å². The minimum absolute atomic E-state index is 0.0720. The predicted octanol–water partition coefficient (Wildman–Crippen LogP) is 1.52. The van der Waals surface area contributed by atoms with E-state index in [-0.39, 0.29) is 11.7 Å². The number of nitrogens with zero attached hydrogens (tertiary/aromatic N) is 2. The van der Waals surface area contributed by atoms with Crippen LogP contribution in [-0.2, 0) is 4.74 Å². The van der Waals surface area contributed by atoms with Crippen LogP contribution in [0.15, 0.2) is 30.1 Å². The van der Waals surface area contributed by atoms with Crippen molar-refractivity contribution in [3.8, 4) is 6.07 Å². The summed E-state index contributed by atoms with van der Waals surface area (Å²) in [5.41, 5.74) is 2.07. The van der Waals surface area contributed by atoms with Gasteiger partial charge in [-0.05, 0) is 17.7 Å². The van der Waals surface area contributed by atoms with Gasteiger partial charge in [-0.15, -0.1) is 0 Å². The zero-order chi connectivity index (χ0) is 13.2. The second-order valence-corrected chi connectivity index (χ2v) is 4.69. The van der Waals surface area contributed by atoms with Gasteiger partial charge in [-0.3, -0.25) is 0 Å². The number of halogens is 1. The van der Waals surface area contributed by atoms with Gasteiger partial charge in [-0.2, -0.15) is 5.26 Å². The van der Waals surface area contributed by atoms with Gasteiger partial charge >= 0.3 is 0 Å². The Morgan fingerprint density at radius 2 is 2.37 bits per heavy atom. The van der Waals surface area contributed by atoms with E-state index in [9.17, 15) is 4.39 Å². The number of benzene rings is 1. The molecule has 4 nitrogen and oxygen atoms in total. The van der Waals surface area contributed by atoms with E-state index >= 15 is 0 Å². The van der Waals surface area contributed by atoms with E-state index in [0.29, 0.717) is 6.61 Å². The molecule has 3 rings (SSSR count). The highest BCUT2D eigenvalue weighted by Crippen LogP contribution is 2.27. The molecule has 2 aliphatic rings. The van der Waals surface area contributed by atoms with Gasteiger partial charge in [0.05, 0.1) is 17.9 Å². The Morgan fingerprint density at radius 1 is 1.47 bits per heavy atom. The normalized spacial score (nSPS) is 22.0. The summed E-state index contributed by atoms with van der Waals surface area (Å²) in [5, 5.41) is 12.1. The molecular weight excluding hydrogens is 245 g/mol. The molecule has 19 heavy (non-hydrogen) atoms. The van der Waals surface area contributed by atoms with Crippen molar-refractivity contribution in [2.24, 2.45) is 0 Å². The maximum atomic E-state index is 13.3. The molecule has 1 saturated heterocycles. The van der Waals surface area contributed by atoms with E-state index in [4.69, 9.17) is 10.00 Å². The van der Waals surface area contributed by atoms with Gasteiger partial charge in [-0.1, -0.05) is 6.07 Å². The minimum Gasteiger partial charge on any atom is -0.388 e. The van der Waals surface area contributed by atoms with E-state index in [1.807, 2.05) is 12.3 Å². The fourth-order valence-electron chi connectivity index (χ4n) is 2.44. The first-order valence-electron chi connectivity index (χ1n) is 6.26. The number of nitrogens with one attached hydrogen (secondary N) is 1. The van der Waals surface area contributed by atoms with Crippen LogP contribution in [0.5, 0.6) is 0 Å². The summed E-state index contributed by atoms with van der Waals surface area (Å²) < 4.78 is 19.1. The van der Waals surface area contributed by atoms with Crippen molar-refractivity contribution in [1.82, 2.24) is 10.2 Å². The number of nitriles is 1. The molecule has 0 spiro atoms. The molecule has 0 aromatic heterocycles. The quantitative estimate of drug-likeness (QED) is 0.830. The van der Waals surface area contributed by atoms with Crippen LogP contribution in [0.3, 0.4) is 0 Å². The Kier molecular flexibility index (Phi) is 3.10. The lowest BCUT2D eigenvalue weighted by Gasteiger charge is -2.39. The van der Waals surface area contributed by atoms with Crippen molar-refractivity contribution < 1.29 is 9.13 Å². The summed E-state index contributed by atoms with van der Waals surface area (Å²) in [4.78, 5) is 2.26. The van der Waals surface area contributed by atoms with Crippen LogP contribution < -0.4 is 5.32 Å². The van der Waals surface area contributed by atoms with Crippen molar-refractivity contribution in [3.63, 3.8) is 0 Å². The molecule has 5 heteroatoms. The number of hydrogen-bond acceptors (Lipinski definition) is 4. The third-order valence-electron chi connectivity index (χ3n) is 3.50. The fourth-order valence-corrected chi connectivity index (χ4v) is 2.44. The largest absolute Gasteiger partial charge is 0.388 e. The van der Waals surface area contributed by atoms with E-state index in [1.54, 1.807) is 12.1 Å². The van der Waals surface area contributed by atoms with Crippen LogP contribution in [0.1, 0.15) is 17.2 Å². The SMILES string of the molecule is N#Cc1cc(C2CN3CCNC=C3CO2)ccc1F. The lowest BCUT2D eigenvalue weighted by Crippen LogP contribution is -2.43. The van der Waals surface area contributed by atoms with Crippen molar-refractivity contribution in [3.05, 3.63) is 47.0 Å². The van der Waals surface area contributed by atoms with Crippen molar-refractivity contribution in [2.75, 3.05) is 26.2 Å². The van der Waals surface area contributed by atoms with Gasteiger partial charge < -0.3 is 15.0 Å². The summed E-state index contributed by atoms with van der Waals surface area (Å²) in [7, 11) is 0. The Labute approximate surface area is 111 Å². The Hall–Kier alpha value is -2.06. The van der Waals surface area contributed by atoms with Crippen LogP contribution >= 0.6 is 0 Å². The molecule has 1 aromatic carbocycles. The number of rotatable bonds is 1. The van der Waals surface area contributed by atoms with Gasteiger partial charge in [0.15, 0.2) is 0 Å². The van der Waals surface area contributed by atoms with Gasteiger partial charge in [0, 0.05) is 25.8 Å². The molecule has 0 amide bonds. The van der Waals surface area contributed by atoms with Crippen molar-refractivity contribution in [2.45, 2.75) is 6.10 Å². The first-order chi connectivity index (χ1) is 9.28. The number of ether oxygens (including phenoxy) is 1. The predicted molar refractivity (Wildman–Crippen MR) is 67.5 cm³/mol. The van der Waals surface area contributed by atoms with Crippen molar-refractivity contribution in [1.29, 1.82) is 5.26 Å². The molecule has 1 aromatic rings. The highest BCUT2D eigenvalue weighted by molar-refractivity contribution is 5.35. The zero-order valence-corrected chi connectivity index (χ0v) is 10.4. The average Bonchev–Trinajstić information content (AvgIpc) is 2.47. The van der Waals surface area contributed by atoms with Gasteiger partial charge in [0.1, 0.15) is 18.0 Å². The van der Waals surface area contributed by atoms with Crippen LogP contribution in [0.25, 0.3) is 0 Å². The summed E-state index contributed by atoms with van der Waals surface area (Å²) in [6, 6.07) is 6.47. The topological polar surface area (TPSA) is 48.3 Å². The molecule has 1 N–H and O–H groups in total. The summed E-state index contributed by atoms with van der Waals surface area (Å²) in [5.74, 6) is -0.482. The van der Waals surface area contributed by atoms with Crippen LogP contribution in [-0.4, -0.2) is 31.1 Å². The molecule has 98 valence electrons. The molecule has 0 radical (unpaired) electrons. The first kappa shape index (κ1) is 12.0. The maximum Gasteiger partial charge on any atom is 0.140 e. The average molecular weight is 259 g/mol. The molecule has 1 fully saturated rings. The maximum absolute atomic E-state index is 13.3. The molecule has 1 atom stereocenters. The standard InChI is InChI=1S/C14H14FN3O/c15-13-2-1-10(5-11(13)6-16)14-8-18-4-3-17-7-12(18)9-19-14/h1-2,5,7,14,17H,3-4,8-9H2. The smallest absolute Gasteiger partial charge is 0.140 e. The van der Waals surface area contributed by atoms with Crippen molar-refractivity contribution >= 4 is 0 Å². The lowest BCUT2D eigenvalue weighted by atomic mass is 10.0. The van der Waals surface area contributed by atoms with E-state index in [1.165, 1.54) is 6.07 Å². The third-order valence-corrected chi connectivity index (χ3v) is 3.50. The summed E-state index contributed by atoms with van der Waals surface area (Å²) in [6.07, 6.45) is 1.87. The molecule has 0 aliphatic carbocycles. The minimum atomic E-state index is -0.482. The Balaban J connectivity index is 1.82. The molecule has 2 heterocycles. The monoisotopic (exact) mass is 259 g/mol. The van der Waals surface area contributed by atoms with Crippen LogP contribution in [0, 0.1) is 17.1 Å². The first-order valence-corrected chi connectivity index (χ1v) is 6.26. The van der Waals surface area contributed by atoms with E-state index in [0.717, 1.165) is 30.9 Å². The molecule has 0 saturated carbocycles. The zero-order valence-electron chi connectivity index (χ0n) is 10.4. The number of fused-ring (bicyclic) bond motifs is 1. The lowest BCUT2D eigenvalue weighted by molar-refractivity contribution is -0.00400. The second-order valence-electron chi connectivity index (χ2n) is 4.69. The van der Waals surface area contributed by atoms with Gasteiger partial charge in [-0.25, -0.2) is 4.39 Å². The molecule has 2 aliphatic heterocycles. The van der Waals surface area contributed by atoms with E-state index in [2.05, 4.69) is 10.2 Å². The highest BCUT2D eigenvalue weighted by atomic mass is 19.1. The summed E-state index contributed by atoms with van der Waals surface area (Å²) >= 11 is 0. The molecule has 0 bridgehead atoms. The number of morpholine rings is 1. The van der Waals surface area contributed by atoms with E-state index < -0.39 is 5.82 Å². The Bertz CT molecular complexity index is 564. The molecule has 1 unspecified atom stereocenters. The van der Waals surface area contributed by atoms with Crippen LogP contribution in [0.4, 0.5) is 4.39 Å². The highest BCUT2D eigenvalue weighted by Gasteiger charge is 2.26. The van der Waals surface area contributed by atoms with Gasteiger partial charge in [0.25, 0.3) is 0 Å². The Morgan fingerprint density at radius 3 is 3.21 bits per heavy atom. The second kappa shape index (κ2) is 4.90. The summed E-state index contributed by atoms with van der Waals surface area (Å²) in [6.45, 7) is 3.14. The molecular formula is C14H14FN3O. The fraction of sp³-hybridized carbons (Fsp3) is 0.357. The van der Waals surface area contributed by atoms with Crippen LogP contribution in [0.2, 0.25) is 0 Å².